The summed E-state index contributed by atoms with van der Waals surface area (Å²) in [6.07, 6.45) is 0.999. The Hall–Kier alpha value is -2.04. The van der Waals surface area contributed by atoms with Crippen molar-refractivity contribution in [3.05, 3.63) is 60.7 Å². The number of hydrogen-bond acceptors (Lipinski definition) is 3. The molecule has 23 heavy (non-hydrogen) atoms. The van der Waals surface area contributed by atoms with Crippen molar-refractivity contribution in [3.8, 4) is 22.5 Å². The molecule has 0 fully saturated rings. The highest BCUT2D eigenvalue weighted by Gasteiger charge is 2.17. The van der Waals surface area contributed by atoms with Crippen LogP contribution in [0, 0.1) is 0 Å². The van der Waals surface area contributed by atoms with Crippen molar-refractivity contribution in [2.24, 2.45) is 12.8 Å². The second kappa shape index (κ2) is 7.49. The minimum absolute atomic E-state index is 0.717. The molecule has 118 valence electrons. The Morgan fingerprint density at radius 1 is 0.957 bits per heavy atom. The molecule has 0 saturated carbocycles. The molecule has 0 amide bonds. The number of imidazole rings is 1. The molecule has 0 radical (unpaired) electrons. The molecule has 0 unspecified atom stereocenters. The molecule has 3 rings (SSSR count). The van der Waals surface area contributed by atoms with E-state index in [1.54, 1.807) is 11.8 Å². The largest absolute Gasteiger partial charge is 0.330 e. The summed E-state index contributed by atoms with van der Waals surface area (Å²) in [6, 6.07) is 20.8. The second-order valence-electron chi connectivity index (χ2n) is 5.37. The van der Waals surface area contributed by atoms with Crippen molar-refractivity contribution in [2.75, 3.05) is 12.3 Å². The SMILES string of the molecule is Cn1c(SCCCN)nc(-c2ccccc2)c1-c1ccccc1. The molecule has 0 bridgehead atoms. The van der Waals surface area contributed by atoms with E-state index in [9.17, 15) is 0 Å². The lowest BCUT2D eigenvalue weighted by Gasteiger charge is -2.07. The molecule has 0 saturated heterocycles. The quantitative estimate of drug-likeness (QED) is 0.546. The summed E-state index contributed by atoms with van der Waals surface area (Å²) in [4.78, 5) is 4.91. The summed E-state index contributed by atoms with van der Waals surface area (Å²) >= 11 is 1.77. The Labute approximate surface area is 141 Å². The molecule has 3 aromatic rings. The number of aromatic nitrogens is 2. The van der Waals surface area contributed by atoms with Crippen LogP contribution in [0.2, 0.25) is 0 Å². The average Bonchev–Trinajstić information content (AvgIpc) is 2.93. The van der Waals surface area contributed by atoms with Crippen LogP contribution in [0.15, 0.2) is 65.8 Å². The molecule has 0 aliphatic heterocycles. The molecular formula is C19H21N3S. The van der Waals surface area contributed by atoms with Crippen molar-refractivity contribution >= 4 is 11.8 Å². The van der Waals surface area contributed by atoms with Gasteiger partial charge >= 0.3 is 0 Å². The molecule has 0 atom stereocenters. The van der Waals surface area contributed by atoms with Gasteiger partial charge in [-0.2, -0.15) is 0 Å². The fourth-order valence-corrected chi connectivity index (χ4v) is 3.51. The highest BCUT2D eigenvalue weighted by molar-refractivity contribution is 7.99. The smallest absolute Gasteiger partial charge is 0.168 e. The third-order valence-electron chi connectivity index (χ3n) is 3.73. The van der Waals surface area contributed by atoms with Crippen LogP contribution >= 0.6 is 11.8 Å². The number of rotatable bonds is 6. The highest BCUT2D eigenvalue weighted by atomic mass is 32.2. The molecular weight excluding hydrogens is 302 g/mol. The standard InChI is InChI=1S/C19H21N3S/c1-22-18(16-11-6-3-7-12-16)17(15-9-4-2-5-10-15)21-19(22)23-14-8-13-20/h2-7,9-12H,8,13-14,20H2,1H3. The van der Waals surface area contributed by atoms with Gasteiger partial charge in [0, 0.05) is 23.9 Å². The molecule has 2 aromatic carbocycles. The monoisotopic (exact) mass is 323 g/mol. The van der Waals surface area contributed by atoms with Gasteiger partial charge in [-0.25, -0.2) is 4.98 Å². The van der Waals surface area contributed by atoms with Crippen LogP contribution in [-0.4, -0.2) is 21.8 Å². The average molecular weight is 323 g/mol. The van der Waals surface area contributed by atoms with E-state index < -0.39 is 0 Å². The minimum Gasteiger partial charge on any atom is -0.330 e. The molecule has 3 nitrogen and oxygen atoms in total. The number of thioether (sulfide) groups is 1. The minimum atomic E-state index is 0.717. The van der Waals surface area contributed by atoms with Crippen LogP contribution in [0.25, 0.3) is 22.5 Å². The van der Waals surface area contributed by atoms with E-state index in [0.29, 0.717) is 6.54 Å². The molecule has 0 spiro atoms. The summed E-state index contributed by atoms with van der Waals surface area (Å²) in [5, 5.41) is 1.04. The summed E-state index contributed by atoms with van der Waals surface area (Å²) < 4.78 is 2.19. The molecule has 4 heteroatoms. The first-order chi connectivity index (χ1) is 11.3. The van der Waals surface area contributed by atoms with E-state index in [0.717, 1.165) is 34.3 Å². The number of nitrogens with zero attached hydrogens (tertiary/aromatic N) is 2. The number of benzene rings is 2. The Balaban J connectivity index is 2.08. The first-order valence-electron chi connectivity index (χ1n) is 7.81. The summed E-state index contributed by atoms with van der Waals surface area (Å²) in [6.45, 7) is 0.717. The second-order valence-corrected chi connectivity index (χ2v) is 6.44. The highest BCUT2D eigenvalue weighted by Crippen LogP contribution is 2.34. The van der Waals surface area contributed by atoms with Crippen LogP contribution < -0.4 is 5.73 Å². The Morgan fingerprint density at radius 3 is 2.17 bits per heavy atom. The lowest BCUT2D eigenvalue weighted by Crippen LogP contribution is -2.00. The first kappa shape index (κ1) is 15.8. The van der Waals surface area contributed by atoms with Crippen LogP contribution in [0.5, 0.6) is 0 Å². The van der Waals surface area contributed by atoms with E-state index in [-0.39, 0.29) is 0 Å². The first-order valence-corrected chi connectivity index (χ1v) is 8.80. The van der Waals surface area contributed by atoms with Gasteiger partial charge < -0.3 is 10.3 Å². The van der Waals surface area contributed by atoms with Gasteiger partial charge in [0.2, 0.25) is 0 Å². The van der Waals surface area contributed by atoms with Crippen molar-refractivity contribution in [3.63, 3.8) is 0 Å². The third-order valence-corrected chi connectivity index (χ3v) is 4.84. The molecule has 1 aromatic heterocycles. The Kier molecular flexibility index (Phi) is 5.16. The van der Waals surface area contributed by atoms with E-state index in [4.69, 9.17) is 10.7 Å². The summed E-state index contributed by atoms with van der Waals surface area (Å²) in [5.41, 5.74) is 10.1. The van der Waals surface area contributed by atoms with Crippen molar-refractivity contribution in [1.29, 1.82) is 0 Å². The topological polar surface area (TPSA) is 43.8 Å². The van der Waals surface area contributed by atoms with Crippen LogP contribution in [0.3, 0.4) is 0 Å². The van der Waals surface area contributed by atoms with E-state index in [1.807, 2.05) is 12.1 Å². The van der Waals surface area contributed by atoms with Crippen molar-refractivity contribution in [1.82, 2.24) is 9.55 Å². The van der Waals surface area contributed by atoms with Gasteiger partial charge in [0.25, 0.3) is 0 Å². The van der Waals surface area contributed by atoms with Gasteiger partial charge in [-0.05, 0) is 13.0 Å². The van der Waals surface area contributed by atoms with Gasteiger partial charge in [-0.15, -0.1) is 0 Å². The van der Waals surface area contributed by atoms with E-state index in [2.05, 4.69) is 60.1 Å². The Morgan fingerprint density at radius 2 is 1.57 bits per heavy atom. The van der Waals surface area contributed by atoms with Crippen molar-refractivity contribution in [2.45, 2.75) is 11.6 Å². The predicted octanol–water partition coefficient (Wildman–Crippen LogP) is 4.20. The van der Waals surface area contributed by atoms with Gasteiger partial charge in [0.05, 0.1) is 11.4 Å². The number of hydrogen-bond donors (Lipinski definition) is 1. The molecule has 2 N–H and O–H groups in total. The lowest BCUT2D eigenvalue weighted by molar-refractivity contribution is 0.794. The van der Waals surface area contributed by atoms with E-state index >= 15 is 0 Å². The zero-order valence-corrected chi connectivity index (χ0v) is 14.1. The normalized spacial score (nSPS) is 10.9. The summed E-state index contributed by atoms with van der Waals surface area (Å²) in [7, 11) is 2.09. The molecule has 0 aliphatic rings. The fourth-order valence-electron chi connectivity index (χ4n) is 2.58. The van der Waals surface area contributed by atoms with Gasteiger partial charge in [0.1, 0.15) is 0 Å². The third kappa shape index (κ3) is 3.49. The maximum Gasteiger partial charge on any atom is 0.168 e. The maximum atomic E-state index is 5.61. The van der Waals surface area contributed by atoms with Gasteiger partial charge in [-0.1, -0.05) is 72.4 Å². The number of nitrogens with two attached hydrogens (primary N) is 1. The van der Waals surface area contributed by atoms with Crippen LogP contribution in [0.1, 0.15) is 6.42 Å². The Bertz CT molecular complexity index is 751. The van der Waals surface area contributed by atoms with Gasteiger partial charge in [-0.3, -0.25) is 0 Å². The lowest BCUT2D eigenvalue weighted by atomic mass is 10.1. The van der Waals surface area contributed by atoms with Crippen LogP contribution in [0.4, 0.5) is 0 Å². The maximum absolute atomic E-state index is 5.61. The molecule has 0 aliphatic carbocycles. The zero-order valence-electron chi connectivity index (χ0n) is 13.3. The summed E-state index contributed by atoms with van der Waals surface area (Å²) in [5.74, 6) is 0.990. The fraction of sp³-hybridized carbons (Fsp3) is 0.211. The van der Waals surface area contributed by atoms with Crippen molar-refractivity contribution < 1.29 is 0 Å². The molecule has 1 heterocycles. The zero-order chi connectivity index (χ0) is 16.1. The van der Waals surface area contributed by atoms with Crippen LogP contribution in [-0.2, 0) is 7.05 Å². The van der Waals surface area contributed by atoms with E-state index in [1.165, 1.54) is 5.56 Å². The van der Waals surface area contributed by atoms with Gasteiger partial charge in [0.15, 0.2) is 5.16 Å². The predicted molar refractivity (Wildman–Crippen MR) is 98.5 cm³/mol.